The van der Waals surface area contributed by atoms with E-state index in [2.05, 4.69) is 4.90 Å². The molecule has 0 radical (unpaired) electrons. The summed E-state index contributed by atoms with van der Waals surface area (Å²) in [5.74, 6) is 1.40. The van der Waals surface area contributed by atoms with Gasteiger partial charge < -0.3 is 14.6 Å². The molecule has 1 aliphatic carbocycles. The van der Waals surface area contributed by atoms with Gasteiger partial charge in [-0.15, -0.1) is 0 Å². The summed E-state index contributed by atoms with van der Waals surface area (Å²) < 4.78 is 12.3. The van der Waals surface area contributed by atoms with E-state index in [1.165, 1.54) is 23.8 Å². The van der Waals surface area contributed by atoms with Crippen LogP contribution in [0.5, 0.6) is 5.75 Å². The van der Waals surface area contributed by atoms with Crippen molar-refractivity contribution in [1.82, 2.24) is 9.47 Å². The molecule has 4 rings (SSSR count). The lowest BCUT2D eigenvalue weighted by Gasteiger charge is -2.43. The molecular weight excluding hydrogens is 420 g/mol. The van der Waals surface area contributed by atoms with E-state index in [-0.39, 0.29) is 11.9 Å². The third-order valence-corrected chi connectivity index (χ3v) is 7.62. The van der Waals surface area contributed by atoms with Gasteiger partial charge >= 0.3 is 12.1 Å². The number of carboxylic acid groups (broad SMARTS) is 1. The highest BCUT2D eigenvalue weighted by Crippen LogP contribution is 2.39. The Morgan fingerprint density at radius 2 is 1.91 bits per heavy atom. The van der Waals surface area contributed by atoms with Crippen LogP contribution in [0.25, 0.3) is 10.9 Å². The molecule has 1 atom stereocenters. The Hall–Kier alpha value is -2.54. The van der Waals surface area contributed by atoms with Crippen LogP contribution in [-0.2, 0) is 16.1 Å². The van der Waals surface area contributed by atoms with Gasteiger partial charge in [-0.05, 0) is 82.5 Å². The maximum absolute atomic E-state index is 12.2. The molecule has 0 spiro atoms. The lowest BCUT2D eigenvalue weighted by Crippen LogP contribution is -2.45. The van der Waals surface area contributed by atoms with Gasteiger partial charge in [-0.2, -0.15) is 0 Å². The number of hydrogen-bond donors (Lipinski definition) is 1. The Morgan fingerprint density at radius 1 is 1.15 bits per heavy atom. The van der Waals surface area contributed by atoms with Crippen LogP contribution in [0.3, 0.4) is 0 Å². The molecule has 1 aromatic carbocycles. The van der Waals surface area contributed by atoms with Crippen LogP contribution in [-0.4, -0.2) is 52.9 Å². The zero-order valence-corrected chi connectivity index (χ0v) is 20.0. The van der Waals surface area contributed by atoms with Crippen molar-refractivity contribution >= 4 is 23.0 Å². The number of fused-ring (bicyclic) bond motifs is 1. The Morgan fingerprint density at radius 3 is 2.58 bits per heavy atom. The molecule has 2 heterocycles. The second-order valence-corrected chi connectivity index (χ2v) is 9.50. The minimum absolute atomic E-state index is 0.0359. The smallest absolute Gasteiger partial charge is 0.416 e. The number of carbonyl (C=O) groups is 2. The number of carbonyl (C=O) groups excluding carboxylic acids is 1. The fourth-order valence-electron chi connectivity index (χ4n) is 6.02. The normalized spacial score (nSPS) is 24.0. The van der Waals surface area contributed by atoms with E-state index in [1.54, 1.807) is 13.3 Å². The average Bonchev–Trinajstić information content (AvgIpc) is 3.28. The molecular formula is C26H36N2O5. The molecule has 1 saturated heterocycles. The molecule has 2 aliphatic rings. The lowest BCUT2D eigenvalue weighted by molar-refractivity contribution is -0.149. The quantitative estimate of drug-likeness (QED) is 0.601. The Balaban J connectivity index is 1.57. The van der Waals surface area contributed by atoms with Gasteiger partial charge in [-0.1, -0.05) is 6.42 Å². The third kappa shape index (κ3) is 4.74. The van der Waals surface area contributed by atoms with Crippen LogP contribution in [0.2, 0.25) is 0 Å². The van der Waals surface area contributed by atoms with Crippen molar-refractivity contribution in [2.45, 2.75) is 71.4 Å². The van der Waals surface area contributed by atoms with Crippen LogP contribution in [0.15, 0.2) is 18.3 Å². The van der Waals surface area contributed by atoms with E-state index >= 15 is 0 Å². The monoisotopic (exact) mass is 456 g/mol. The van der Waals surface area contributed by atoms with Gasteiger partial charge in [0.1, 0.15) is 5.75 Å². The predicted octanol–water partition coefficient (Wildman–Crippen LogP) is 5.21. The van der Waals surface area contributed by atoms with Crippen molar-refractivity contribution in [1.29, 1.82) is 0 Å². The molecule has 0 amide bonds. The minimum atomic E-state index is -0.974. The number of likely N-dealkylation sites (tertiary alicyclic amines) is 1. The molecule has 7 heteroatoms. The van der Waals surface area contributed by atoms with Gasteiger partial charge in [-0.25, -0.2) is 4.79 Å². The highest BCUT2D eigenvalue weighted by Gasteiger charge is 2.35. The SMILES string of the molecule is CCOC(=O)C1CCC(C2CCCCN2Cc2c(OC)cc(C)c3c2ccn3C(=O)O)CC1. The Bertz CT molecular complexity index is 1010. The largest absolute Gasteiger partial charge is 0.496 e. The van der Waals surface area contributed by atoms with Crippen LogP contribution in [0.1, 0.15) is 63.0 Å². The molecule has 1 aromatic heterocycles. The Kier molecular flexibility index (Phi) is 7.27. The number of aromatic nitrogens is 1. The van der Waals surface area contributed by atoms with E-state index in [0.29, 0.717) is 18.6 Å². The fourth-order valence-corrected chi connectivity index (χ4v) is 6.02. The summed E-state index contributed by atoms with van der Waals surface area (Å²) in [5, 5.41) is 10.6. The number of rotatable bonds is 6. The number of benzene rings is 1. The van der Waals surface area contributed by atoms with Crippen molar-refractivity contribution in [3.05, 3.63) is 29.5 Å². The molecule has 1 saturated carbocycles. The summed E-state index contributed by atoms with van der Waals surface area (Å²) >= 11 is 0. The summed E-state index contributed by atoms with van der Waals surface area (Å²) in [6, 6.07) is 4.34. The predicted molar refractivity (Wildman–Crippen MR) is 127 cm³/mol. The zero-order chi connectivity index (χ0) is 23.5. The minimum Gasteiger partial charge on any atom is -0.496 e. The maximum atomic E-state index is 12.2. The van der Waals surface area contributed by atoms with E-state index in [1.807, 2.05) is 26.0 Å². The van der Waals surface area contributed by atoms with Crippen LogP contribution in [0, 0.1) is 18.8 Å². The molecule has 180 valence electrons. The van der Waals surface area contributed by atoms with Gasteiger partial charge in [0.15, 0.2) is 0 Å². The molecule has 1 unspecified atom stereocenters. The molecule has 1 aliphatic heterocycles. The summed E-state index contributed by atoms with van der Waals surface area (Å²) in [6.07, 6.45) is 8.16. The summed E-state index contributed by atoms with van der Waals surface area (Å²) in [6.45, 7) is 6.02. The maximum Gasteiger partial charge on any atom is 0.416 e. The molecule has 2 fully saturated rings. The third-order valence-electron chi connectivity index (χ3n) is 7.62. The van der Waals surface area contributed by atoms with Crippen molar-refractivity contribution in [3.63, 3.8) is 0 Å². The van der Waals surface area contributed by atoms with Gasteiger partial charge in [0.05, 0.1) is 25.2 Å². The number of ether oxygens (including phenoxy) is 2. The van der Waals surface area contributed by atoms with Crippen molar-refractivity contribution < 1.29 is 24.2 Å². The van der Waals surface area contributed by atoms with E-state index in [4.69, 9.17) is 9.47 Å². The number of nitrogens with zero attached hydrogens (tertiary/aromatic N) is 2. The topological polar surface area (TPSA) is 81.0 Å². The van der Waals surface area contributed by atoms with Crippen molar-refractivity contribution in [3.8, 4) is 5.75 Å². The van der Waals surface area contributed by atoms with Gasteiger partial charge in [0.2, 0.25) is 0 Å². The average molecular weight is 457 g/mol. The summed E-state index contributed by atoms with van der Waals surface area (Å²) in [7, 11) is 1.68. The first kappa shape index (κ1) is 23.6. The molecule has 0 bridgehead atoms. The van der Waals surface area contributed by atoms with Crippen LogP contribution in [0.4, 0.5) is 4.79 Å². The van der Waals surface area contributed by atoms with Crippen LogP contribution >= 0.6 is 0 Å². The first-order valence-corrected chi connectivity index (χ1v) is 12.3. The first-order chi connectivity index (χ1) is 15.9. The summed E-state index contributed by atoms with van der Waals surface area (Å²) in [5.41, 5.74) is 2.69. The van der Waals surface area contributed by atoms with E-state index < -0.39 is 6.09 Å². The van der Waals surface area contributed by atoms with Crippen LogP contribution < -0.4 is 4.74 Å². The fraction of sp³-hybridized carbons (Fsp3) is 0.615. The van der Waals surface area contributed by atoms with Crippen molar-refractivity contribution in [2.75, 3.05) is 20.3 Å². The second-order valence-electron chi connectivity index (χ2n) is 9.50. The number of esters is 1. The molecule has 2 aromatic rings. The van der Waals surface area contributed by atoms with Gasteiger partial charge in [0.25, 0.3) is 0 Å². The molecule has 7 nitrogen and oxygen atoms in total. The second kappa shape index (κ2) is 10.2. The van der Waals surface area contributed by atoms with Gasteiger partial charge in [0, 0.05) is 29.7 Å². The highest BCUT2D eigenvalue weighted by atomic mass is 16.5. The molecule has 1 N–H and O–H groups in total. The lowest BCUT2D eigenvalue weighted by atomic mass is 9.76. The zero-order valence-electron chi connectivity index (χ0n) is 20.0. The number of methoxy groups -OCH3 is 1. The standard InChI is InChI=1S/C26H36N2O5/c1-4-33-25(29)19-10-8-18(9-11-19)22-7-5-6-13-27(22)16-21-20-12-14-28(26(30)31)24(20)17(2)15-23(21)32-3/h12,14-15,18-19,22H,4-11,13,16H2,1-3H3,(H,30,31). The molecule has 33 heavy (non-hydrogen) atoms. The van der Waals surface area contributed by atoms with E-state index in [9.17, 15) is 14.7 Å². The van der Waals surface area contributed by atoms with Gasteiger partial charge in [-0.3, -0.25) is 14.3 Å². The number of piperidine rings is 1. The van der Waals surface area contributed by atoms with Crippen molar-refractivity contribution in [2.24, 2.45) is 11.8 Å². The number of aryl methyl sites for hydroxylation is 1. The number of hydrogen-bond acceptors (Lipinski definition) is 5. The van der Waals surface area contributed by atoms with E-state index in [0.717, 1.165) is 66.6 Å². The summed E-state index contributed by atoms with van der Waals surface area (Å²) in [4.78, 5) is 26.5. The highest BCUT2D eigenvalue weighted by molar-refractivity contribution is 5.94. The Labute approximate surface area is 195 Å². The first-order valence-electron chi connectivity index (χ1n) is 12.3.